The van der Waals surface area contributed by atoms with Gasteiger partial charge in [0, 0.05) is 67.7 Å². The van der Waals surface area contributed by atoms with Crippen molar-refractivity contribution in [3.63, 3.8) is 0 Å². The topological polar surface area (TPSA) is 77.0 Å². The Hall–Kier alpha value is -3.24. The van der Waals surface area contributed by atoms with E-state index in [2.05, 4.69) is 20.0 Å². The maximum absolute atomic E-state index is 15.2. The molecule has 6 atom stereocenters. The molecule has 1 aliphatic carbocycles. The molecule has 2 bridgehead atoms. The standard InChI is InChI=1S/C35H42F2N6O2/c36-23-15-35(14-22-4-1-2-7-30(22)43(35)16-23)20-45-34-39-29-19-41(31-13-26(44)12-21-5-3-6-28(37)32(21)31)11-10-27(29)33(40-34)42-17-24-8-9-25(18-42)38-24/h3,5-6,12-13,22-25,30,38,44H,1-2,4,7-11,14-20H2/t22-,23+,24?,25?,30-,35?/m0/s1. The highest BCUT2D eigenvalue weighted by atomic mass is 19.1. The van der Waals surface area contributed by atoms with Crippen LogP contribution in [-0.2, 0) is 13.0 Å². The Morgan fingerprint density at radius 2 is 1.84 bits per heavy atom. The number of rotatable bonds is 5. The van der Waals surface area contributed by atoms with E-state index in [1.807, 2.05) is 6.07 Å². The summed E-state index contributed by atoms with van der Waals surface area (Å²) in [5.74, 6) is 1.38. The van der Waals surface area contributed by atoms with E-state index in [-0.39, 0.29) is 17.1 Å². The number of nitrogens with zero attached hydrogens (tertiary/aromatic N) is 5. The van der Waals surface area contributed by atoms with Crippen LogP contribution in [0.3, 0.4) is 0 Å². The monoisotopic (exact) mass is 616 g/mol. The zero-order valence-corrected chi connectivity index (χ0v) is 25.7. The van der Waals surface area contributed by atoms with Crippen LogP contribution in [0.15, 0.2) is 30.3 Å². The molecule has 4 saturated heterocycles. The highest BCUT2D eigenvalue weighted by Crippen LogP contribution is 2.51. The molecule has 2 aromatic carbocycles. The third kappa shape index (κ3) is 4.73. The second-order valence-electron chi connectivity index (χ2n) is 14.6. The number of benzene rings is 2. The minimum atomic E-state index is -0.820. The Bertz CT molecular complexity index is 1630. The smallest absolute Gasteiger partial charge is 0.318 e. The third-order valence-corrected chi connectivity index (χ3v) is 11.8. The first-order valence-corrected chi connectivity index (χ1v) is 17.0. The van der Waals surface area contributed by atoms with Crippen molar-refractivity contribution in [3.05, 3.63) is 47.4 Å². The van der Waals surface area contributed by atoms with Gasteiger partial charge in [0.2, 0.25) is 0 Å². The first-order chi connectivity index (χ1) is 21.9. The molecule has 6 heterocycles. The molecule has 0 radical (unpaired) electrons. The molecule has 6 aliphatic rings. The Morgan fingerprint density at radius 3 is 2.71 bits per heavy atom. The van der Waals surface area contributed by atoms with Gasteiger partial charge in [0.05, 0.1) is 23.5 Å². The fourth-order valence-electron chi connectivity index (χ4n) is 9.90. The molecule has 10 heteroatoms. The molecule has 0 amide bonds. The molecule has 3 aromatic rings. The fourth-order valence-corrected chi connectivity index (χ4v) is 9.90. The van der Waals surface area contributed by atoms with Crippen molar-refractivity contribution in [3.8, 4) is 11.8 Å². The van der Waals surface area contributed by atoms with E-state index in [0.29, 0.717) is 85.6 Å². The van der Waals surface area contributed by atoms with Crippen LogP contribution in [0.5, 0.6) is 11.8 Å². The van der Waals surface area contributed by atoms with Gasteiger partial charge < -0.3 is 25.0 Å². The summed E-state index contributed by atoms with van der Waals surface area (Å²) in [5, 5.41) is 15.5. The maximum atomic E-state index is 15.2. The van der Waals surface area contributed by atoms with Gasteiger partial charge in [-0.2, -0.15) is 9.97 Å². The van der Waals surface area contributed by atoms with E-state index in [1.54, 1.807) is 18.2 Å². The predicted octanol–water partition coefficient (Wildman–Crippen LogP) is 5.10. The van der Waals surface area contributed by atoms with Gasteiger partial charge >= 0.3 is 6.01 Å². The van der Waals surface area contributed by atoms with E-state index in [0.717, 1.165) is 43.0 Å². The lowest BCUT2D eigenvalue weighted by molar-refractivity contribution is 0.0772. The van der Waals surface area contributed by atoms with Crippen molar-refractivity contribution in [2.24, 2.45) is 5.92 Å². The molecule has 8 nitrogen and oxygen atoms in total. The molecule has 2 N–H and O–H groups in total. The highest BCUT2D eigenvalue weighted by molar-refractivity contribution is 5.96. The molecule has 45 heavy (non-hydrogen) atoms. The summed E-state index contributed by atoms with van der Waals surface area (Å²) in [7, 11) is 0. The number of hydrogen-bond donors (Lipinski definition) is 2. The molecule has 5 aliphatic heterocycles. The maximum Gasteiger partial charge on any atom is 0.318 e. The Kier molecular flexibility index (Phi) is 6.64. The largest absolute Gasteiger partial charge is 0.508 e. The zero-order valence-electron chi connectivity index (χ0n) is 25.7. The highest BCUT2D eigenvalue weighted by Gasteiger charge is 2.57. The number of phenols is 1. The fraction of sp³-hybridized carbons (Fsp3) is 0.600. The molecule has 9 rings (SSSR count). The lowest BCUT2D eigenvalue weighted by Crippen LogP contribution is -2.52. The van der Waals surface area contributed by atoms with E-state index in [1.165, 1.54) is 38.2 Å². The number of halogens is 2. The van der Waals surface area contributed by atoms with Crippen molar-refractivity contribution >= 4 is 22.3 Å². The van der Waals surface area contributed by atoms with Gasteiger partial charge in [-0.25, -0.2) is 8.78 Å². The minimum Gasteiger partial charge on any atom is -0.508 e. The van der Waals surface area contributed by atoms with Crippen molar-refractivity contribution in [1.82, 2.24) is 20.2 Å². The lowest BCUT2D eigenvalue weighted by Gasteiger charge is -2.38. The van der Waals surface area contributed by atoms with Crippen molar-refractivity contribution in [2.75, 3.05) is 42.6 Å². The van der Waals surface area contributed by atoms with Crippen LogP contribution in [0.4, 0.5) is 20.3 Å². The normalized spacial score (nSPS) is 32.5. The number of anilines is 2. The lowest BCUT2D eigenvalue weighted by atomic mass is 9.81. The summed E-state index contributed by atoms with van der Waals surface area (Å²) in [6.45, 7) is 3.83. The number of aromatic hydroxyl groups is 1. The van der Waals surface area contributed by atoms with Crippen LogP contribution < -0.4 is 19.9 Å². The van der Waals surface area contributed by atoms with Gasteiger partial charge in [0.25, 0.3) is 0 Å². The third-order valence-electron chi connectivity index (χ3n) is 11.8. The number of fused-ring (bicyclic) bond motifs is 7. The van der Waals surface area contributed by atoms with Crippen molar-refractivity contribution in [1.29, 1.82) is 0 Å². The summed E-state index contributed by atoms with van der Waals surface area (Å²) >= 11 is 0. The second-order valence-corrected chi connectivity index (χ2v) is 14.6. The summed E-state index contributed by atoms with van der Waals surface area (Å²) < 4.78 is 36.7. The molecule has 1 aromatic heterocycles. The van der Waals surface area contributed by atoms with Gasteiger partial charge in [-0.15, -0.1) is 0 Å². The molecule has 3 unspecified atom stereocenters. The summed E-state index contributed by atoms with van der Waals surface area (Å²) in [4.78, 5) is 17.1. The van der Waals surface area contributed by atoms with E-state index in [9.17, 15) is 9.50 Å². The number of phenolic OH excluding ortho intramolecular Hbond substituents is 1. The Balaban J connectivity index is 1.06. The first kappa shape index (κ1) is 28.0. The summed E-state index contributed by atoms with van der Waals surface area (Å²) in [6.07, 6.45) is 8.62. The first-order valence-electron chi connectivity index (χ1n) is 17.0. The number of nitrogens with one attached hydrogen (secondary N) is 1. The number of hydrogen-bond acceptors (Lipinski definition) is 8. The Labute approximate surface area is 262 Å². The number of alkyl halides is 1. The van der Waals surface area contributed by atoms with E-state index >= 15 is 4.39 Å². The van der Waals surface area contributed by atoms with Crippen LogP contribution in [0, 0.1) is 11.7 Å². The van der Waals surface area contributed by atoms with E-state index < -0.39 is 6.17 Å². The molecular formula is C35H42F2N6O2. The van der Waals surface area contributed by atoms with Gasteiger partial charge in [-0.1, -0.05) is 25.0 Å². The van der Waals surface area contributed by atoms with Crippen LogP contribution in [0.1, 0.15) is 62.6 Å². The van der Waals surface area contributed by atoms with Gasteiger partial charge in [0.15, 0.2) is 0 Å². The van der Waals surface area contributed by atoms with Gasteiger partial charge in [-0.05, 0) is 62.0 Å². The summed E-state index contributed by atoms with van der Waals surface area (Å²) in [5.41, 5.74) is 2.38. The minimum absolute atomic E-state index is 0.112. The van der Waals surface area contributed by atoms with E-state index in [4.69, 9.17) is 14.7 Å². The van der Waals surface area contributed by atoms with Crippen molar-refractivity contribution < 1.29 is 18.6 Å². The number of aromatic nitrogens is 2. The molecule has 238 valence electrons. The molecular weight excluding hydrogens is 574 g/mol. The van der Waals surface area contributed by atoms with Crippen LogP contribution >= 0.6 is 0 Å². The second kappa shape index (κ2) is 10.7. The van der Waals surface area contributed by atoms with Crippen molar-refractivity contribution in [2.45, 2.75) is 94.2 Å². The van der Waals surface area contributed by atoms with Crippen LogP contribution in [-0.4, -0.2) is 82.6 Å². The average molecular weight is 617 g/mol. The molecule has 5 fully saturated rings. The predicted molar refractivity (Wildman–Crippen MR) is 169 cm³/mol. The number of ether oxygens (including phenoxy) is 1. The summed E-state index contributed by atoms with van der Waals surface area (Å²) in [6, 6.07) is 9.97. The average Bonchev–Trinajstić information content (AvgIpc) is 3.65. The quantitative estimate of drug-likeness (QED) is 0.410. The SMILES string of the molecule is Oc1cc(N2CCc3c(nc(OCC45C[C@@H](F)CN4[C@H]4CCCC[C@H]4C5)nc3N3CC4CCC(C3)N4)C2)c2c(F)cccc2c1. The van der Waals surface area contributed by atoms with Gasteiger partial charge in [0.1, 0.15) is 30.2 Å². The van der Waals surface area contributed by atoms with Gasteiger partial charge in [-0.3, -0.25) is 4.90 Å². The molecule has 1 saturated carbocycles. The van der Waals surface area contributed by atoms with Crippen LogP contribution in [0.25, 0.3) is 10.8 Å². The van der Waals surface area contributed by atoms with Crippen LogP contribution in [0.2, 0.25) is 0 Å². The zero-order chi connectivity index (χ0) is 30.3. The number of piperazine rings is 1. The molecule has 0 spiro atoms. The Morgan fingerprint density at radius 1 is 1.00 bits per heavy atom.